The highest BCUT2D eigenvalue weighted by molar-refractivity contribution is 6.32. The molecule has 16 heavy (non-hydrogen) atoms. The second kappa shape index (κ2) is 5.21. The van der Waals surface area contributed by atoms with E-state index in [1.165, 1.54) is 12.1 Å². The van der Waals surface area contributed by atoms with Gasteiger partial charge in [0.2, 0.25) is 0 Å². The quantitative estimate of drug-likeness (QED) is 0.852. The van der Waals surface area contributed by atoms with E-state index in [-0.39, 0.29) is 16.7 Å². The van der Waals surface area contributed by atoms with Gasteiger partial charge in [0, 0.05) is 18.0 Å². The topological polar surface area (TPSA) is 38.9 Å². The van der Waals surface area contributed by atoms with E-state index in [2.05, 4.69) is 4.98 Å². The Bertz CT molecular complexity index is 368. The number of nitrogens with zero attached hydrogens (tertiary/aromatic N) is 1. The number of hydrogen-bond donors (Lipinski definition) is 1. The summed E-state index contributed by atoms with van der Waals surface area (Å²) in [5.74, 6) is 0. The Morgan fingerprint density at radius 1 is 1.31 bits per heavy atom. The molecule has 1 atom stereocenters. The smallest absolute Gasteiger partial charge is 0.324 e. The summed E-state index contributed by atoms with van der Waals surface area (Å²) in [5, 5.41) is 0.221. The lowest BCUT2D eigenvalue weighted by atomic mass is 10.1. The molecule has 2 nitrogen and oxygen atoms in total. The maximum absolute atomic E-state index is 12.0. The molecule has 0 aliphatic carbocycles. The third kappa shape index (κ3) is 4.15. The van der Waals surface area contributed by atoms with Crippen LogP contribution in [0.5, 0.6) is 0 Å². The van der Waals surface area contributed by atoms with Gasteiger partial charge in [-0.2, -0.15) is 13.2 Å². The molecule has 90 valence electrons. The van der Waals surface area contributed by atoms with Crippen LogP contribution in [0.15, 0.2) is 12.1 Å². The van der Waals surface area contributed by atoms with Crippen LogP contribution in [0, 0.1) is 0 Å². The van der Waals surface area contributed by atoms with Gasteiger partial charge < -0.3 is 5.73 Å². The van der Waals surface area contributed by atoms with Crippen LogP contribution in [0.4, 0.5) is 13.2 Å². The van der Waals surface area contributed by atoms with Gasteiger partial charge in [-0.05, 0) is 12.5 Å². The average Bonchev–Trinajstić information content (AvgIpc) is 2.13. The average molecular weight is 273 g/mol. The van der Waals surface area contributed by atoms with Crippen LogP contribution in [0.2, 0.25) is 10.3 Å². The number of alkyl halides is 3. The van der Waals surface area contributed by atoms with Gasteiger partial charge in [-0.1, -0.05) is 29.3 Å². The summed E-state index contributed by atoms with van der Waals surface area (Å²) in [6.07, 6.45) is -5.40. The molecule has 0 amide bonds. The van der Waals surface area contributed by atoms with Crippen molar-refractivity contribution in [3.63, 3.8) is 0 Å². The summed E-state index contributed by atoms with van der Waals surface area (Å²) in [7, 11) is 0. The summed E-state index contributed by atoms with van der Waals surface area (Å²) < 4.78 is 35.9. The normalized spacial score (nSPS) is 13.9. The largest absolute Gasteiger partial charge is 0.389 e. The number of pyridine rings is 1. The highest BCUT2D eigenvalue weighted by Gasteiger charge is 2.28. The van der Waals surface area contributed by atoms with Crippen LogP contribution < -0.4 is 5.73 Å². The molecular formula is C9H9Cl2F3N2. The summed E-state index contributed by atoms with van der Waals surface area (Å²) in [5.41, 5.74) is 5.96. The molecule has 0 aliphatic heterocycles. The fraction of sp³-hybridized carbons (Fsp3) is 0.444. The molecular weight excluding hydrogens is 264 g/mol. The lowest BCUT2D eigenvalue weighted by Crippen LogP contribution is -2.16. The number of rotatable bonds is 3. The molecule has 0 fully saturated rings. The number of nitrogens with two attached hydrogens (primary N) is 1. The van der Waals surface area contributed by atoms with Gasteiger partial charge in [0.05, 0.1) is 0 Å². The van der Waals surface area contributed by atoms with Crippen molar-refractivity contribution >= 4 is 23.2 Å². The SMILES string of the molecule is N[C@@H](CCC(F)(F)F)c1ccc(Cl)nc1Cl. The fourth-order valence-electron chi connectivity index (χ4n) is 1.17. The summed E-state index contributed by atoms with van der Waals surface area (Å²) >= 11 is 11.3. The second-order valence-electron chi connectivity index (χ2n) is 3.27. The van der Waals surface area contributed by atoms with Crippen LogP contribution in [-0.4, -0.2) is 11.2 Å². The van der Waals surface area contributed by atoms with E-state index in [0.29, 0.717) is 5.56 Å². The molecule has 0 unspecified atom stereocenters. The minimum absolute atomic E-state index is 0.0437. The second-order valence-corrected chi connectivity index (χ2v) is 4.02. The molecule has 0 aliphatic rings. The van der Waals surface area contributed by atoms with Crippen molar-refractivity contribution in [2.45, 2.75) is 25.1 Å². The third-order valence-electron chi connectivity index (χ3n) is 1.98. The number of hydrogen-bond acceptors (Lipinski definition) is 2. The van der Waals surface area contributed by atoms with Crippen LogP contribution in [0.25, 0.3) is 0 Å². The molecule has 2 N–H and O–H groups in total. The first-order valence-electron chi connectivity index (χ1n) is 4.44. The lowest BCUT2D eigenvalue weighted by molar-refractivity contribution is -0.136. The Morgan fingerprint density at radius 3 is 2.44 bits per heavy atom. The lowest BCUT2D eigenvalue weighted by Gasteiger charge is -2.14. The van der Waals surface area contributed by atoms with Crippen molar-refractivity contribution in [3.8, 4) is 0 Å². The van der Waals surface area contributed by atoms with E-state index < -0.39 is 18.6 Å². The van der Waals surface area contributed by atoms with Gasteiger partial charge in [0.25, 0.3) is 0 Å². The van der Waals surface area contributed by atoms with Crippen molar-refractivity contribution in [3.05, 3.63) is 28.0 Å². The highest BCUT2D eigenvalue weighted by atomic mass is 35.5. The minimum Gasteiger partial charge on any atom is -0.324 e. The van der Waals surface area contributed by atoms with Crippen molar-refractivity contribution in [2.24, 2.45) is 5.73 Å². The van der Waals surface area contributed by atoms with Crippen LogP contribution in [0.3, 0.4) is 0 Å². The van der Waals surface area contributed by atoms with Crippen molar-refractivity contribution < 1.29 is 13.2 Å². The zero-order valence-electron chi connectivity index (χ0n) is 8.06. The van der Waals surface area contributed by atoms with Crippen LogP contribution in [-0.2, 0) is 0 Å². The van der Waals surface area contributed by atoms with Gasteiger partial charge in [0.15, 0.2) is 0 Å². The van der Waals surface area contributed by atoms with Crippen molar-refractivity contribution in [2.75, 3.05) is 0 Å². The predicted octanol–water partition coefficient (Wildman–Crippen LogP) is 3.73. The first-order chi connectivity index (χ1) is 7.29. The Morgan fingerprint density at radius 2 is 1.94 bits per heavy atom. The van der Waals surface area contributed by atoms with E-state index in [1.54, 1.807) is 0 Å². The van der Waals surface area contributed by atoms with Gasteiger partial charge in [-0.3, -0.25) is 0 Å². The molecule has 1 aromatic heterocycles. The molecule has 0 saturated carbocycles. The minimum atomic E-state index is -4.22. The van der Waals surface area contributed by atoms with Gasteiger partial charge in [-0.25, -0.2) is 4.98 Å². The molecule has 0 saturated heterocycles. The molecule has 1 rings (SSSR count). The van der Waals surface area contributed by atoms with Gasteiger partial charge in [0.1, 0.15) is 10.3 Å². The Kier molecular flexibility index (Phi) is 4.41. The standard InChI is InChI=1S/C9H9Cl2F3N2/c10-7-2-1-5(8(11)16-7)6(15)3-4-9(12,13)14/h1-2,6H,3-4,15H2/t6-/m0/s1. The third-order valence-corrected chi connectivity index (χ3v) is 2.50. The molecule has 0 bridgehead atoms. The molecule has 0 radical (unpaired) electrons. The number of aromatic nitrogens is 1. The zero-order valence-corrected chi connectivity index (χ0v) is 9.57. The maximum atomic E-state index is 12.0. The molecule has 0 aromatic carbocycles. The van der Waals surface area contributed by atoms with Crippen LogP contribution in [0.1, 0.15) is 24.4 Å². The van der Waals surface area contributed by atoms with Gasteiger partial charge >= 0.3 is 6.18 Å². The van der Waals surface area contributed by atoms with E-state index in [1.807, 2.05) is 0 Å². The van der Waals surface area contributed by atoms with E-state index in [4.69, 9.17) is 28.9 Å². The Balaban J connectivity index is 2.70. The zero-order chi connectivity index (χ0) is 12.3. The first-order valence-corrected chi connectivity index (χ1v) is 5.19. The number of halogens is 5. The Labute approximate surface area is 101 Å². The fourth-order valence-corrected chi connectivity index (χ4v) is 1.66. The van der Waals surface area contributed by atoms with Gasteiger partial charge in [-0.15, -0.1) is 0 Å². The van der Waals surface area contributed by atoms with Crippen molar-refractivity contribution in [1.82, 2.24) is 4.98 Å². The summed E-state index contributed by atoms with van der Waals surface area (Å²) in [6.45, 7) is 0. The molecule has 0 spiro atoms. The first kappa shape index (κ1) is 13.5. The van der Waals surface area contributed by atoms with Crippen molar-refractivity contribution in [1.29, 1.82) is 0 Å². The summed E-state index contributed by atoms with van der Waals surface area (Å²) in [6, 6.07) is 2.13. The van der Waals surface area contributed by atoms with E-state index >= 15 is 0 Å². The molecule has 7 heteroatoms. The highest BCUT2D eigenvalue weighted by Crippen LogP contribution is 2.29. The predicted molar refractivity (Wildman–Crippen MR) is 56.5 cm³/mol. The van der Waals surface area contributed by atoms with E-state index in [0.717, 1.165) is 0 Å². The molecule has 1 heterocycles. The van der Waals surface area contributed by atoms with Crippen LogP contribution >= 0.6 is 23.2 Å². The Hall–Kier alpha value is -0.520. The molecule has 1 aromatic rings. The summed E-state index contributed by atoms with van der Waals surface area (Å²) in [4.78, 5) is 3.71. The van der Waals surface area contributed by atoms with E-state index in [9.17, 15) is 13.2 Å². The maximum Gasteiger partial charge on any atom is 0.389 e. The monoisotopic (exact) mass is 272 g/mol.